The van der Waals surface area contributed by atoms with Gasteiger partial charge in [0.2, 0.25) is 5.91 Å². The minimum Gasteiger partial charge on any atom is -0.494 e. The summed E-state index contributed by atoms with van der Waals surface area (Å²) in [5.74, 6) is -0.0902. The summed E-state index contributed by atoms with van der Waals surface area (Å²) in [6.45, 7) is 6.18. The first-order chi connectivity index (χ1) is 20.3. The Morgan fingerprint density at radius 2 is 1.76 bits per heavy atom. The van der Waals surface area contributed by atoms with E-state index in [2.05, 4.69) is 28.8 Å². The van der Waals surface area contributed by atoms with Gasteiger partial charge in [-0.05, 0) is 85.2 Å². The topological polar surface area (TPSA) is 58.0 Å². The van der Waals surface area contributed by atoms with Crippen LogP contribution in [0.5, 0.6) is 5.75 Å². The summed E-state index contributed by atoms with van der Waals surface area (Å²) in [4.78, 5) is 20.0. The third-order valence-corrected chi connectivity index (χ3v) is 7.93. The van der Waals surface area contributed by atoms with Gasteiger partial charge in [-0.25, -0.2) is 23.2 Å². The monoisotopic (exact) mass is 578 g/mol. The summed E-state index contributed by atoms with van der Waals surface area (Å²) in [5, 5.41) is 5.61. The highest BCUT2D eigenvalue weighted by molar-refractivity contribution is 5.82. The Hall–Kier alpha value is -3.88. The lowest BCUT2D eigenvalue weighted by Crippen LogP contribution is -2.41. The quantitative estimate of drug-likeness (QED) is 0.233. The minimum absolute atomic E-state index is 0.150. The van der Waals surface area contributed by atoms with Crippen LogP contribution in [0.3, 0.4) is 0 Å². The van der Waals surface area contributed by atoms with Crippen molar-refractivity contribution in [2.24, 2.45) is 16.9 Å². The first-order valence-electron chi connectivity index (χ1n) is 14.7. The van der Waals surface area contributed by atoms with E-state index in [9.17, 15) is 18.0 Å². The SMILES string of the molecule is CC(C)CCCCOc1ccc(F)c(-c2ccnc(N3CCC(C(=O)N4N=CCC4c4cc(F)cc(F)c4)CC3)c2)c1. The van der Waals surface area contributed by atoms with Crippen molar-refractivity contribution in [3.8, 4) is 16.9 Å². The molecule has 0 aliphatic carbocycles. The molecule has 1 amide bonds. The van der Waals surface area contributed by atoms with Crippen molar-refractivity contribution in [2.75, 3.05) is 24.6 Å². The van der Waals surface area contributed by atoms with Gasteiger partial charge in [0, 0.05) is 49.5 Å². The predicted octanol–water partition coefficient (Wildman–Crippen LogP) is 7.55. The van der Waals surface area contributed by atoms with Gasteiger partial charge in [0.15, 0.2) is 0 Å². The maximum atomic E-state index is 14.9. The third-order valence-electron chi connectivity index (χ3n) is 7.93. The van der Waals surface area contributed by atoms with Gasteiger partial charge in [-0.2, -0.15) is 5.10 Å². The molecule has 3 heterocycles. The number of benzene rings is 2. The number of hydrogen-bond acceptors (Lipinski definition) is 5. The van der Waals surface area contributed by atoms with E-state index in [1.54, 1.807) is 30.6 Å². The van der Waals surface area contributed by atoms with Crippen LogP contribution in [0.2, 0.25) is 0 Å². The summed E-state index contributed by atoms with van der Waals surface area (Å²) in [6.07, 6.45) is 8.06. The van der Waals surface area contributed by atoms with Crippen LogP contribution in [0, 0.1) is 29.3 Å². The molecule has 0 N–H and O–H groups in total. The molecule has 2 aliphatic heterocycles. The standard InChI is InChI=1S/C33H37F3N4O2/c1-22(2)5-3-4-16-42-28-6-7-30(36)29(21-28)24-8-12-37-32(19-24)39-14-10-23(11-15-39)33(41)40-31(9-13-38-40)25-17-26(34)20-27(35)18-25/h6-8,12-13,17-23,31H,3-5,9-11,14-16H2,1-2H3. The number of ether oxygens (including phenoxy) is 1. The van der Waals surface area contributed by atoms with Crippen LogP contribution in [0.25, 0.3) is 11.1 Å². The highest BCUT2D eigenvalue weighted by Gasteiger charge is 2.35. The Morgan fingerprint density at radius 1 is 1.00 bits per heavy atom. The summed E-state index contributed by atoms with van der Waals surface area (Å²) < 4.78 is 48.4. The molecule has 42 heavy (non-hydrogen) atoms. The maximum Gasteiger partial charge on any atom is 0.246 e. The molecule has 2 aromatic carbocycles. The van der Waals surface area contributed by atoms with Crippen molar-refractivity contribution in [1.82, 2.24) is 9.99 Å². The molecule has 1 aromatic heterocycles. The zero-order valence-electron chi connectivity index (χ0n) is 24.1. The number of carbonyl (C=O) groups excluding carboxylic acids is 1. The Bertz CT molecular complexity index is 1400. The lowest BCUT2D eigenvalue weighted by atomic mass is 9.94. The Morgan fingerprint density at radius 3 is 2.50 bits per heavy atom. The number of aromatic nitrogens is 1. The van der Waals surface area contributed by atoms with Gasteiger partial charge in [0.05, 0.1) is 12.6 Å². The lowest BCUT2D eigenvalue weighted by Gasteiger charge is -2.34. The number of rotatable bonds is 10. The smallest absolute Gasteiger partial charge is 0.246 e. The minimum atomic E-state index is -0.677. The Kier molecular flexibility index (Phi) is 9.45. The Labute approximate surface area is 245 Å². The molecule has 0 spiro atoms. The zero-order chi connectivity index (χ0) is 29.6. The first-order valence-corrected chi connectivity index (χ1v) is 14.7. The van der Waals surface area contributed by atoms with Crippen LogP contribution in [0.4, 0.5) is 19.0 Å². The number of amides is 1. The van der Waals surface area contributed by atoms with Crippen LogP contribution < -0.4 is 9.64 Å². The average molecular weight is 579 g/mol. The molecule has 0 bridgehead atoms. The van der Waals surface area contributed by atoms with Gasteiger partial charge in [0.1, 0.15) is 29.0 Å². The number of pyridine rings is 1. The van der Waals surface area contributed by atoms with Gasteiger partial charge in [-0.1, -0.05) is 20.3 Å². The second kappa shape index (κ2) is 13.4. The van der Waals surface area contributed by atoms with E-state index in [0.29, 0.717) is 73.1 Å². The number of piperidine rings is 1. The zero-order valence-corrected chi connectivity index (χ0v) is 24.1. The molecule has 5 rings (SSSR count). The fraction of sp³-hybridized carbons (Fsp3) is 0.424. The summed E-state index contributed by atoms with van der Waals surface area (Å²) in [7, 11) is 0. The second-order valence-corrected chi connectivity index (χ2v) is 11.5. The number of hydrogen-bond donors (Lipinski definition) is 0. The average Bonchev–Trinajstić information content (AvgIpc) is 3.47. The van der Waals surface area contributed by atoms with Crippen LogP contribution in [-0.4, -0.2) is 41.8 Å². The summed E-state index contributed by atoms with van der Waals surface area (Å²) >= 11 is 0. The van der Waals surface area contributed by atoms with E-state index >= 15 is 0 Å². The van der Waals surface area contributed by atoms with Crippen molar-refractivity contribution in [3.63, 3.8) is 0 Å². The van der Waals surface area contributed by atoms with Crippen LogP contribution in [0.15, 0.2) is 59.8 Å². The van der Waals surface area contributed by atoms with Gasteiger partial charge in [-0.15, -0.1) is 0 Å². The second-order valence-electron chi connectivity index (χ2n) is 11.5. The highest BCUT2D eigenvalue weighted by Crippen LogP contribution is 2.34. The number of hydrazone groups is 1. The number of nitrogens with zero attached hydrogens (tertiary/aromatic N) is 4. The number of carbonyl (C=O) groups is 1. The van der Waals surface area contributed by atoms with E-state index < -0.39 is 17.7 Å². The molecule has 6 nitrogen and oxygen atoms in total. The number of halogens is 3. The third kappa shape index (κ3) is 7.12. The van der Waals surface area contributed by atoms with E-state index in [1.165, 1.54) is 23.2 Å². The first kappa shape index (κ1) is 29.6. The molecule has 1 saturated heterocycles. The molecule has 2 aliphatic rings. The van der Waals surface area contributed by atoms with Crippen molar-refractivity contribution in [2.45, 2.75) is 58.4 Å². The van der Waals surface area contributed by atoms with Gasteiger partial charge < -0.3 is 9.64 Å². The highest BCUT2D eigenvalue weighted by atomic mass is 19.1. The van der Waals surface area contributed by atoms with E-state index in [1.807, 2.05) is 6.07 Å². The van der Waals surface area contributed by atoms with Crippen LogP contribution in [-0.2, 0) is 4.79 Å². The molecular formula is C33H37F3N4O2. The van der Waals surface area contributed by atoms with Crippen LogP contribution >= 0.6 is 0 Å². The van der Waals surface area contributed by atoms with E-state index in [0.717, 1.165) is 25.3 Å². The van der Waals surface area contributed by atoms with E-state index in [-0.39, 0.29) is 17.6 Å². The summed E-state index contributed by atoms with van der Waals surface area (Å²) in [5.41, 5.74) is 1.55. The summed E-state index contributed by atoms with van der Waals surface area (Å²) in [6, 6.07) is 11.3. The predicted molar refractivity (Wildman–Crippen MR) is 158 cm³/mol. The Balaban J connectivity index is 1.21. The largest absolute Gasteiger partial charge is 0.494 e. The van der Waals surface area contributed by atoms with Crippen molar-refractivity contribution in [1.29, 1.82) is 0 Å². The molecular weight excluding hydrogens is 541 g/mol. The molecule has 1 unspecified atom stereocenters. The van der Waals surface area contributed by atoms with Gasteiger partial charge in [-0.3, -0.25) is 4.79 Å². The molecule has 0 radical (unpaired) electrons. The molecule has 9 heteroatoms. The van der Waals surface area contributed by atoms with Crippen molar-refractivity contribution >= 4 is 17.9 Å². The molecule has 1 atom stereocenters. The van der Waals surface area contributed by atoms with E-state index in [4.69, 9.17) is 4.74 Å². The maximum absolute atomic E-state index is 14.9. The fourth-order valence-electron chi connectivity index (χ4n) is 5.63. The molecule has 0 saturated carbocycles. The number of unbranched alkanes of at least 4 members (excludes halogenated alkanes) is 1. The van der Waals surface area contributed by atoms with Crippen LogP contribution in [0.1, 0.15) is 64.0 Å². The number of anilines is 1. The fourth-order valence-corrected chi connectivity index (χ4v) is 5.63. The molecule has 222 valence electrons. The van der Waals surface area contributed by atoms with Gasteiger partial charge >= 0.3 is 0 Å². The van der Waals surface area contributed by atoms with Crippen molar-refractivity contribution < 1.29 is 22.7 Å². The molecule has 3 aromatic rings. The van der Waals surface area contributed by atoms with Gasteiger partial charge in [0.25, 0.3) is 0 Å². The molecule has 1 fully saturated rings. The lowest BCUT2D eigenvalue weighted by molar-refractivity contribution is -0.138. The van der Waals surface area contributed by atoms with Crippen molar-refractivity contribution in [3.05, 3.63) is 77.7 Å². The normalized spacial score (nSPS) is 17.3.